The van der Waals surface area contributed by atoms with Crippen molar-refractivity contribution in [2.24, 2.45) is 0 Å². The molecule has 0 aliphatic carbocycles. The number of benzene rings is 1. The number of ether oxygens (including phenoxy) is 1. The van der Waals surface area contributed by atoms with Gasteiger partial charge >= 0.3 is 0 Å². The fourth-order valence-corrected chi connectivity index (χ4v) is 1.66. The number of hydrogen-bond acceptors (Lipinski definition) is 2. The van der Waals surface area contributed by atoms with Gasteiger partial charge in [0.1, 0.15) is 5.75 Å². The summed E-state index contributed by atoms with van der Waals surface area (Å²) in [7, 11) is 1.62. The zero-order valence-corrected chi connectivity index (χ0v) is 9.04. The molecular formula is C11H13ClO2. The first kappa shape index (κ1) is 11.1. The van der Waals surface area contributed by atoms with Gasteiger partial charge < -0.3 is 4.74 Å². The molecule has 0 saturated heterocycles. The van der Waals surface area contributed by atoms with Crippen molar-refractivity contribution in [1.29, 1.82) is 0 Å². The van der Waals surface area contributed by atoms with Crippen molar-refractivity contribution in [2.75, 3.05) is 7.11 Å². The molecule has 76 valence electrons. The van der Waals surface area contributed by atoms with Gasteiger partial charge in [-0.25, -0.2) is 0 Å². The van der Waals surface area contributed by atoms with Crippen molar-refractivity contribution >= 4 is 16.8 Å². The van der Waals surface area contributed by atoms with E-state index in [4.69, 9.17) is 16.3 Å². The van der Waals surface area contributed by atoms with E-state index in [1.165, 1.54) is 0 Å². The Balaban J connectivity index is 2.87. The Hall–Kier alpha value is -1.02. The van der Waals surface area contributed by atoms with Crippen LogP contribution in [0.15, 0.2) is 24.3 Å². The summed E-state index contributed by atoms with van der Waals surface area (Å²) in [6.07, 6.45) is 0.335. The smallest absolute Gasteiger partial charge is 0.222 e. The molecule has 3 heteroatoms. The van der Waals surface area contributed by atoms with E-state index >= 15 is 0 Å². The third-order valence-corrected chi connectivity index (χ3v) is 2.29. The van der Waals surface area contributed by atoms with E-state index in [9.17, 15) is 4.79 Å². The zero-order valence-electron chi connectivity index (χ0n) is 8.29. The first-order chi connectivity index (χ1) is 6.65. The van der Waals surface area contributed by atoms with E-state index in [1.807, 2.05) is 31.2 Å². The van der Waals surface area contributed by atoms with E-state index in [2.05, 4.69) is 0 Å². The average molecular weight is 213 g/mol. The molecule has 14 heavy (non-hydrogen) atoms. The monoisotopic (exact) mass is 212 g/mol. The maximum absolute atomic E-state index is 10.8. The minimum absolute atomic E-state index is 0.0937. The van der Waals surface area contributed by atoms with Crippen molar-refractivity contribution in [1.82, 2.24) is 0 Å². The van der Waals surface area contributed by atoms with Crippen molar-refractivity contribution in [3.05, 3.63) is 29.8 Å². The second-order valence-electron chi connectivity index (χ2n) is 3.20. The van der Waals surface area contributed by atoms with Crippen LogP contribution >= 0.6 is 11.6 Å². The van der Waals surface area contributed by atoms with Crippen molar-refractivity contribution < 1.29 is 9.53 Å². The van der Waals surface area contributed by atoms with Crippen molar-refractivity contribution in [3.8, 4) is 5.75 Å². The standard InChI is InChI=1S/C11H13ClO2/c1-8(7-11(12)13)9-5-3-4-6-10(9)14-2/h3-6,8H,7H2,1-2H3/t8-/m1/s1. The largest absolute Gasteiger partial charge is 0.496 e. The molecule has 0 aliphatic rings. The van der Waals surface area contributed by atoms with Gasteiger partial charge in [-0.3, -0.25) is 4.79 Å². The van der Waals surface area contributed by atoms with Gasteiger partial charge in [0, 0.05) is 6.42 Å². The van der Waals surface area contributed by atoms with Crippen molar-refractivity contribution in [3.63, 3.8) is 0 Å². The van der Waals surface area contributed by atoms with Crippen LogP contribution in [0.2, 0.25) is 0 Å². The number of carbonyl (C=O) groups excluding carboxylic acids is 1. The molecule has 2 nitrogen and oxygen atoms in total. The molecule has 1 aromatic rings. The third kappa shape index (κ3) is 2.74. The highest BCUT2D eigenvalue weighted by atomic mass is 35.5. The Morgan fingerprint density at radius 1 is 1.50 bits per heavy atom. The molecule has 0 saturated carbocycles. The van der Waals surface area contributed by atoms with E-state index < -0.39 is 0 Å². The molecule has 0 aliphatic heterocycles. The van der Waals surface area contributed by atoms with E-state index in [0.717, 1.165) is 11.3 Å². The summed E-state index contributed by atoms with van der Waals surface area (Å²) in [6, 6.07) is 7.65. The molecule has 0 heterocycles. The molecule has 0 amide bonds. The first-order valence-electron chi connectivity index (χ1n) is 4.46. The van der Waals surface area contributed by atoms with E-state index in [-0.39, 0.29) is 11.2 Å². The molecular weight excluding hydrogens is 200 g/mol. The Labute approximate surface area is 88.8 Å². The maximum Gasteiger partial charge on any atom is 0.222 e. The van der Waals surface area contributed by atoms with Gasteiger partial charge in [0.2, 0.25) is 5.24 Å². The van der Waals surface area contributed by atoms with Crippen LogP contribution < -0.4 is 4.74 Å². The van der Waals surface area contributed by atoms with Gasteiger partial charge in [-0.2, -0.15) is 0 Å². The maximum atomic E-state index is 10.8. The number of para-hydroxylation sites is 1. The summed E-state index contributed by atoms with van der Waals surface area (Å²) < 4.78 is 5.19. The summed E-state index contributed by atoms with van der Waals surface area (Å²) in [5.41, 5.74) is 1.02. The first-order valence-corrected chi connectivity index (χ1v) is 4.84. The van der Waals surface area contributed by atoms with Gasteiger partial charge in [0.05, 0.1) is 7.11 Å². The second-order valence-corrected chi connectivity index (χ2v) is 3.62. The normalized spacial score (nSPS) is 12.2. The van der Waals surface area contributed by atoms with E-state index in [1.54, 1.807) is 7.11 Å². The van der Waals surface area contributed by atoms with Gasteiger partial charge in [-0.05, 0) is 29.1 Å². The van der Waals surface area contributed by atoms with Gasteiger partial charge in [-0.1, -0.05) is 25.1 Å². The van der Waals surface area contributed by atoms with Crippen LogP contribution in [0.1, 0.15) is 24.8 Å². The summed E-state index contributed by atoms with van der Waals surface area (Å²) >= 11 is 5.34. The van der Waals surface area contributed by atoms with Gasteiger partial charge in [-0.15, -0.1) is 0 Å². The topological polar surface area (TPSA) is 26.3 Å². The minimum Gasteiger partial charge on any atom is -0.496 e. The molecule has 0 N–H and O–H groups in total. The highest BCUT2D eigenvalue weighted by Gasteiger charge is 2.13. The predicted molar refractivity (Wildman–Crippen MR) is 56.9 cm³/mol. The Kier molecular flexibility index (Phi) is 3.96. The van der Waals surface area contributed by atoms with Gasteiger partial charge in [0.15, 0.2) is 0 Å². The molecule has 0 bridgehead atoms. The lowest BCUT2D eigenvalue weighted by atomic mass is 9.97. The minimum atomic E-state index is -0.316. The van der Waals surface area contributed by atoms with Crippen LogP contribution in [0.4, 0.5) is 0 Å². The van der Waals surface area contributed by atoms with Crippen LogP contribution in [-0.2, 0) is 4.79 Å². The Morgan fingerprint density at radius 2 is 2.14 bits per heavy atom. The summed E-state index contributed by atoms with van der Waals surface area (Å²) in [5, 5.41) is -0.316. The van der Waals surface area contributed by atoms with Gasteiger partial charge in [0.25, 0.3) is 0 Å². The lowest BCUT2D eigenvalue weighted by Crippen LogP contribution is -2.00. The van der Waals surface area contributed by atoms with Crippen molar-refractivity contribution in [2.45, 2.75) is 19.3 Å². The Morgan fingerprint density at radius 3 is 2.71 bits per heavy atom. The summed E-state index contributed by atoms with van der Waals surface area (Å²) in [5.74, 6) is 0.897. The lowest BCUT2D eigenvalue weighted by molar-refractivity contribution is -0.111. The van der Waals surface area contributed by atoms with Crippen LogP contribution in [-0.4, -0.2) is 12.4 Å². The Bertz CT molecular complexity index is 323. The van der Waals surface area contributed by atoms with Crippen LogP contribution in [0, 0.1) is 0 Å². The number of hydrogen-bond donors (Lipinski definition) is 0. The number of methoxy groups -OCH3 is 1. The molecule has 0 aromatic heterocycles. The summed E-state index contributed by atoms with van der Waals surface area (Å²) in [4.78, 5) is 10.8. The molecule has 1 atom stereocenters. The molecule has 0 fully saturated rings. The molecule has 0 radical (unpaired) electrons. The van der Waals surface area contributed by atoms with Crippen LogP contribution in [0.3, 0.4) is 0 Å². The number of halogens is 1. The second kappa shape index (κ2) is 5.01. The lowest BCUT2D eigenvalue weighted by Gasteiger charge is -2.13. The van der Waals surface area contributed by atoms with Crippen LogP contribution in [0.25, 0.3) is 0 Å². The zero-order chi connectivity index (χ0) is 10.6. The predicted octanol–water partition coefficient (Wildman–Crippen LogP) is 2.95. The molecule has 0 spiro atoms. The average Bonchev–Trinajstić information content (AvgIpc) is 2.16. The fraction of sp³-hybridized carbons (Fsp3) is 0.364. The molecule has 0 unspecified atom stereocenters. The number of rotatable bonds is 4. The molecule has 1 aromatic carbocycles. The van der Waals surface area contributed by atoms with Crippen LogP contribution in [0.5, 0.6) is 5.75 Å². The SMILES string of the molecule is COc1ccccc1[C@H](C)CC(=O)Cl. The highest BCUT2D eigenvalue weighted by Crippen LogP contribution is 2.28. The summed E-state index contributed by atoms with van der Waals surface area (Å²) in [6.45, 7) is 1.96. The number of carbonyl (C=O) groups is 1. The molecule has 1 rings (SSSR count). The quantitative estimate of drug-likeness (QED) is 0.718. The fourth-order valence-electron chi connectivity index (χ4n) is 1.42. The van der Waals surface area contributed by atoms with E-state index in [0.29, 0.717) is 6.42 Å². The third-order valence-electron chi connectivity index (χ3n) is 2.14. The highest BCUT2D eigenvalue weighted by molar-refractivity contribution is 6.63.